The van der Waals surface area contributed by atoms with Gasteiger partial charge in [0.1, 0.15) is 16.6 Å². The van der Waals surface area contributed by atoms with Gasteiger partial charge in [0.05, 0.1) is 11.5 Å². The number of carbonyl (C=O) groups is 2. The SMILES string of the molecule is CCOc1ccc(NC(=O)CN2C(=O)/C(=C/c3ccc(C)cc3)SC2=S)cc1. The molecule has 7 heteroatoms. The van der Waals surface area contributed by atoms with Crippen molar-refractivity contribution in [2.75, 3.05) is 18.5 Å². The first kappa shape index (κ1) is 20.1. The number of thioether (sulfide) groups is 1. The third-order valence-electron chi connectivity index (χ3n) is 4.00. The second-order valence-corrected chi connectivity index (χ2v) is 7.86. The first-order valence-electron chi connectivity index (χ1n) is 8.81. The lowest BCUT2D eigenvalue weighted by Crippen LogP contribution is -2.36. The number of benzene rings is 2. The van der Waals surface area contributed by atoms with Crippen molar-refractivity contribution in [1.82, 2.24) is 4.90 Å². The third-order valence-corrected chi connectivity index (χ3v) is 5.38. The van der Waals surface area contributed by atoms with Crippen LogP contribution in [0.1, 0.15) is 18.1 Å². The van der Waals surface area contributed by atoms with Gasteiger partial charge in [0.15, 0.2) is 0 Å². The number of hydrogen-bond acceptors (Lipinski definition) is 5. The van der Waals surface area contributed by atoms with Crippen molar-refractivity contribution in [2.24, 2.45) is 0 Å². The molecule has 1 aliphatic rings. The summed E-state index contributed by atoms with van der Waals surface area (Å²) in [7, 11) is 0. The van der Waals surface area contributed by atoms with Crippen LogP contribution in [-0.4, -0.2) is 34.2 Å². The molecule has 5 nitrogen and oxygen atoms in total. The lowest BCUT2D eigenvalue weighted by molar-refractivity contribution is -0.126. The molecular weight excluding hydrogens is 392 g/mol. The van der Waals surface area contributed by atoms with Gasteiger partial charge in [0, 0.05) is 5.69 Å². The Hall–Kier alpha value is -2.64. The van der Waals surface area contributed by atoms with Gasteiger partial charge in [-0.2, -0.15) is 0 Å². The predicted octanol–water partition coefficient (Wildman–Crippen LogP) is 4.23. The van der Waals surface area contributed by atoms with E-state index < -0.39 is 0 Å². The van der Waals surface area contributed by atoms with Crippen molar-refractivity contribution in [2.45, 2.75) is 13.8 Å². The summed E-state index contributed by atoms with van der Waals surface area (Å²) in [4.78, 5) is 26.8. The smallest absolute Gasteiger partial charge is 0.266 e. The highest BCUT2D eigenvalue weighted by molar-refractivity contribution is 8.26. The van der Waals surface area contributed by atoms with Crippen LogP contribution in [0, 0.1) is 6.92 Å². The Kier molecular flexibility index (Phi) is 6.49. The zero-order valence-corrected chi connectivity index (χ0v) is 17.2. The molecule has 0 unspecified atom stereocenters. The summed E-state index contributed by atoms with van der Waals surface area (Å²) in [6.45, 7) is 4.37. The van der Waals surface area contributed by atoms with Crippen LogP contribution < -0.4 is 10.1 Å². The van der Waals surface area contributed by atoms with Gasteiger partial charge >= 0.3 is 0 Å². The van der Waals surface area contributed by atoms with E-state index in [2.05, 4.69) is 5.32 Å². The molecule has 144 valence electrons. The van der Waals surface area contributed by atoms with E-state index in [1.165, 1.54) is 16.7 Å². The van der Waals surface area contributed by atoms with Crippen LogP contribution >= 0.6 is 24.0 Å². The quantitative estimate of drug-likeness (QED) is 0.568. The van der Waals surface area contributed by atoms with Crippen molar-refractivity contribution in [3.8, 4) is 5.75 Å². The Balaban J connectivity index is 1.63. The first-order chi connectivity index (χ1) is 13.5. The zero-order valence-electron chi connectivity index (χ0n) is 15.6. The van der Waals surface area contributed by atoms with Crippen molar-refractivity contribution >= 4 is 51.9 Å². The van der Waals surface area contributed by atoms with Crippen molar-refractivity contribution in [3.05, 3.63) is 64.6 Å². The Morgan fingerprint density at radius 3 is 2.50 bits per heavy atom. The summed E-state index contributed by atoms with van der Waals surface area (Å²) in [6.07, 6.45) is 1.79. The van der Waals surface area contributed by atoms with Crippen LogP contribution in [0.4, 0.5) is 5.69 Å². The van der Waals surface area contributed by atoms with Crippen LogP contribution in [0.15, 0.2) is 53.4 Å². The molecule has 0 atom stereocenters. The number of hydrogen-bond donors (Lipinski definition) is 1. The molecule has 0 saturated carbocycles. The Morgan fingerprint density at radius 2 is 1.86 bits per heavy atom. The van der Waals surface area contributed by atoms with E-state index >= 15 is 0 Å². The standard InChI is InChI=1S/C21H20N2O3S2/c1-3-26-17-10-8-16(9-11-17)22-19(24)13-23-20(25)18(28-21(23)27)12-15-6-4-14(2)5-7-15/h4-12H,3,13H2,1-2H3,(H,22,24)/b18-12-. The van der Waals surface area contributed by atoms with E-state index in [9.17, 15) is 9.59 Å². The molecular formula is C21H20N2O3S2. The lowest BCUT2D eigenvalue weighted by atomic mass is 10.1. The molecule has 2 aromatic rings. The maximum absolute atomic E-state index is 12.6. The van der Waals surface area contributed by atoms with Gasteiger partial charge in [-0.25, -0.2) is 0 Å². The summed E-state index contributed by atoms with van der Waals surface area (Å²) in [5.41, 5.74) is 2.70. The Morgan fingerprint density at radius 1 is 1.18 bits per heavy atom. The molecule has 28 heavy (non-hydrogen) atoms. The minimum absolute atomic E-state index is 0.122. The largest absolute Gasteiger partial charge is 0.494 e. The topological polar surface area (TPSA) is 58.6 Å². The van der Waals surface area contributed by atoms with Crippen LogP contribution in [0.25, 0.3) is 6.08 Å². The van der Waals surface area contributed by atoms with E-state index in [1.807, 2.05) is 38.1 Å². The number of nitrogens with zero attached hydrogens (tertiary/aromatic N) is 1. The number of rotatable bonds is 6. The molecule has 1 saturated heterocycles. The molecule has 0 radical (unpaired) electrons. The second-order valence-electron chi connectivity index (χ2n) is 6.18. The van der Waals surface area contributed by atoms with Gasteiger partial charge < -0.3 is 10.1 Å². The van der Waals surface area contributed by atoms with Crippen molar-refractivity contribution < 1.29 is 14.3 Å². The molecule has 0 spiro atoms. The zero-order chi connectivity index (χ0) is 20.1. The van der Waals surface area contributed by atoms with Gasteiger partial charge in [-0.1, -0.05) is 53.8 Å². The number of nitrogens with one attached hydrogen (secondary N) is 1. The lowest BCUT2D eigenvalue weighted by Gasteiger charge is -2.14. The third kappa shape index (κ3) is 4.99. The monoisotopic (exact) mass is 412 g/mol. The van der Waals surface area contributed by atoms with Gasteiger partial charge in [0.2, 0.25) is 5.91 Å². The van der Waals surface area contributed by atoms with Gasteiger partial charge in [-0.3, -0.25) is 14.5 Å². The fraction of sp³-hybridized carbons (Fsp3) is 0.190. The molecule has 1 fully saturated rings. The van der Waals surface area contributed by atoms with E-state index in [-0.39, 0.29) is 18.4 Å². The van der Waals surface area contributed by atoms with Crippen LogP contribution in [0.3, 0.4) is 0 Å². The number of amides is 2. The maximum atomic E-state index is 12.6. The molecule has 3 rings (SSSR count). The highest BCUT2D eigenvalue weighted by Gasteiger charge is 2.33. The number of carbonyl (C=O) groups excluding carboxylic acids is 2. The molecule has 1 aliphatic heterocycles. The summed E-state index contributed by atoms with van der Waals surface area (Å²) in [5.74, 6) is 0.174. The molecule has 2 amide bonds. The second kappa shape index (κ2) is 9.03. The van der Waals surface area contributed by atoms with Crippen molar-refractivity contribution in [3.63, 3.8) is 0 Å². The summed E-state index contributed by atoms with van der Waals surface area (Å²) in [5, 5.41) is 2.77. The molecule has 0 aromatic heterocycles. The molecule has 2 aromatic carbocycles. The fourth-order valence-corrected chi connectivity index (χ4v) is 3.85. The number of thiocarbonyl (C=S) groups is 1. The van der Waals surface area contributed by atoms with E-state index in [4.69, 9.17) is 17.0 Å². The van der Waals surface area contributed by atoms with Crippen LogP contribution in [-0.2, 0) is 9.59 Å². The number of ether oxygens (including phenoxy) is 1. The van der Waals surface area contributed by atoms with E-state index in [0.717, 1.165) is 16.9 Å². The molecule has 1 heterocycles. The Bertz CT molecular complexity index is 922. The minimum Gasteiger partial charge on any atom is -0.494 e. The average Bonchev–Trinajstić information content (AvgIpc) is 2.93. The van der Waals surface area contributed by atoms with Gasteiger partial charge in [-0.05, 0) is 49.8 Å². The van der Waals surface area contributed by atoms with Crippen LogP contribution in [0.2, 0.25) is 0 Å². The van der Waals surface area contributed by atoms with E-state index in [1.54, 1.807) is 30.3 Å². The minimum atomic E-state index is -0.308. The molecule has 1 N–H and O–H groups in total. The van der Waals surface area contributed by atoms with Gasteiger partial charge in [-0.15, -0.1) is 0 Å². The fourth-order valence-electron chi connectivity index (χ4n) is 2.60. The first-order valence-corrected chi connectivity index (χ1v) is 10.0. The number of anilines is 1. The Labute approximate surface area is 173 Å². The van der Waals surface area contributed by atoms with E-state index in [0.29, 0.717) is 21.5 Å². The predicted molar refractivity (Wildman–Crippen MR) is 117 cm³/mol. The maximum Gasteiger partial charge on any atom is 0.266 e. The summed E-state index contributed by atoms with van der Waals surface area (Å²) < 4.78 is 5.76. The van der Waals surface area contributed by atoms with Crippen molar-refractivity contribution in [1.29, 1.82) is 0 Å². The summed E-state index contributed by atoms with van der Waals surface area (Å²) in [6, 6.07) is 14.9. The number of aryl methyl sites for hydroxylation is 1. The average molecular weight is 413 g/mol. The van der Waals surface area contributed by atoms with Gasteiger partial charge in [0.25, 0.3) is 5.91 Å². The highest BCUT2D eigenvalue weighted by atomic mass is 32.2. The highest BCUT2D eigenvalue weighted by Crippen LogP contribution is 2.32. The normalized spacial score (nSPS) is 15.2. The molecule has 0 aliphatic carbocycles. The summed E-state index contributed by atoms with van der Waals surface area (Å²) >= 11 is 6.50. The molecule has 0 bridgehead atoms. The van der Waals surface area contributed by atoms with Crippen LogP contribution in [0.5, 0.6) is 5.75 Å².